The fourth-order valence-electron chi connectivity index (χ4n) is 2.91. The Labute approximate surface area is 111 Å². The third-order valence-electron chi connectivity index (χ3n) is 4.05. The second kappa shape index (κ2) is 6.37. The van der Waals surface area contributed by atoms with Gasteiger partial charge in [0.25, 0.3) is 0 Å². The summed E-state index contributed by atoms with van der Waals surface area (Å²) < 4.78 is 2.42. The van der Waals surface area contributed by atoms with E-state index >= 15 is 0 Å². The van der Waals surface area contributed by atoms with Gasteiger partial charge in [0.2, 0.25) is 0 Å². The van der Waals surface area contributed by atoms with Crippen molar-refractivity contribution >= 4 is 0 Å². The maximum absolute atomic E-state index is 4.74. The predicted molar refractivity (Wildman–Crippen MR) is 75.8 cm³/mol. The van der Waals surface area contributed by atoms with Crippen LogP contribution in [0.1, 0.15) is 76.0 Å². The van der Waals surface area contributed by atoms with Gasteiger partial charge in [-0.2, -0.15) is 0 Å². The molecule has 0 bridgehead atoms. The topological polar surface area (TPSA) is 29.9 Å². The molecular formula is C15H27N3. The van der Waals surface area contributed by atoms with Crippen LogP contribution in [-0.4, -0.2) is 16.1 Å². The van der Waals surface area contributed by atoms with Gasteiger partial charge >= 0.3 is 0 Å². The Kier molecular flexibility index (Phi) is 4.81. The van der Waals surface area contributed by atoms with E-state index < -0.39 is 0 Å². The van der Waals surface area contributed by atoms with Crippen LogP contribution < -0.4 is 5.32 Å². The van der Waals surface area contributed by atoms with Gasteiger partial charge < -0.3 is 9.88 Å². The van der Waals surface area contributed by atoms with Crippen molar-refractivity contribution in [1.29, 1.82) is 0 Å². The summed E-state index contributed by atoms with van der Waals surface area (Å²) in [7, 11) is 0. The maximum atomic E-state index is 4.74. The van der Waals surface area contributed by atoms with Crippen LogP contribution in [-0.2, 0) is 0 Å². The minimum Gasteiger partial charge on any atom is -0.332 e. The van der Waals surface area contributed by atoms with Gasteiger partial charge in [0.05, 0.1) is 5.69 Å². The van der Waals surface area contributed by atoms with E-state index in [1.807, 2.05) is 0 Å². The van der Waals surface area contributed by atoms with Crippen LogP contribution in [0.2, 0.25) is 0 Å². The van der Waals surface area contributed by atoms with Crippen LogP contribution >= 0.6 is 0 Å². The van der Waals surface area contributed by atoms with Crippen molar-refractivity contribution in [2.45, 2.75) is 71.4 Å². The average Bonchev–Trinajstić information content (AvgIpc) is 2.79. The first-order chi connectivity index (χ1) is 8.72. The lowest BCUT2D eigenvalue weighted by molar-refractivity contribution is 0.348. The molecular weight excluding hydrogens is 222 g/mol. The first-order valence-electron chi connectivity index (χ1n) is 7.51. The number of aromatic nitrogens is 2. The highest BCUT2D eigenvalue weighted by Crippen LogP contribution is 2.29. The molecule has 0 aromatic carbocycles. The molecule has 1 heterocycles. The van der Waals surface area contributed by atoms with Gasteiger partial charge in [-0.1, -0.05) is 26.2 Å². The molecule has 1 aliphatic rings. The summed E-state index contributed by atoms with van der Waals surface area (Å²) in [5.41, 5.74) is 1.20. The van der Waals surface area contributed by atoms with Crippen molar-refractivity contribution in [2.75, 3.05) is 6.54 Å². The molecule has 0 amide bonds. The molecule has 0 saturated heterocycles. The fraction of sp³-hybridized carbons (Fsp3) is 0.800. The highest BCUT2D eigenvalue weighted by Gasteiger charge is 2.19. The lowest BCUT2D eigenvalue weighted by Gasteiger charge is -2.24. The number of rotatable bonds is 5. The third-order valence-corrected chi connectivity index (χ3v) is 4.05. The Bertz CT molecular complexity index is 364. The van der Waals surface area contributed by atoms with E-state index in [9.17, 15) is 0 Å². The molecule has 3 heteroatoms. The molecule has 0 aliphatic heterocycles. The number of imidazole rings is 1. The zero-order valence-electron chi connectivity index (χ0n) is 12.1. The summed E-state index contributed by atoms with van der Waals surface area (Å²) in [4.78, 5) is 4.74. The molecule has 2 rings (SSSR count). The van der Waals surface area contributed by atoms with Crippen LogP contribution in [0.3, 0.4) is 0 Å². The molecule has 1 unspecified atom stereocenters. The molecule has 18 heavy (non-hydrogen) atoms. The van der Waals surface area contributed by atoms with Gasteiger partial charge in [-0.15, -0.1) is 0 Å². The summed E-state index contributed by atoms with van der Waals surface area (Å²) in [6.07, 6.45) is 10.3. The van der Waals surface area contributed by atoms with Gasteiger partial charge in [-0.05, 0) is 39.7 Å². The number of hydrogen-bond acceptors (Lipinski definition) is 2. The van der Waals surface area contributed by atoms with E-state index in [-0.39, 0.29) is 0 Å². The summed E-state index contributed by atoms with van der Waals surface area (Å²) in [5, 5.41) is 3.52. The first-order valence-corrected chi connectivity index (χ1v) is 7.51. The second-order valence-corrected chi connectivity index (χ2v) is 5.59. The van der Waals surface area contributed by atoms with Gasteiger partial charge in [0.1, 0.15) is 5.82 Å². The third kappa shape index (κ3) is 3.14. The van der Waals surface area contributed by atoms with Crippen molar-refractivity contribution < 1.29 is 0 Å². The largest absolute Gasteiger partial charge is 0.332 e. The highest BCUT2D eigenvalue weighted by molar-refractivity contribution is 5.09. The van der Waals surface area contributed by atoms with E-state index in [0.717, 1.165) is 6.54 Å². The van der Waals surface area contributed by atoms with Crippen molar-refractivity contribution in [3.05, 3.63) is 17.7 Å². The average molecular weight is 249 g/mol. The monoisotopic (exact) mass is 249 g/mol. The van der Waals surface area contributed by atoms with Gasteiger partial charge in [-0.3, -0.25) is 0 Å². The predicted octanol–water partition coefficient (Wildman–Crippen LogP) is 3.76. The zero-order valence-corrected chi connectivity index (χ0v) is 12.1. The van der Waals surface area contributed by atoms with Crippen LogP contribution in [0.4, 0.5) is 0 Å². The number of nitrogens with one attached hydrogen (secondary N) is 1. The molecule has 0 spiro atoms. The Balaban J connectivity index is 2.05. The molecule has 1 aromatic heterocycles. The first kappa shape index (κ1) is 13.6. The molecule has 102 valence electrons. The standard InChI is InChI=1S/C15H27N3/c1-4-10-16-12(2)15-11-18(13(3)17-15)14-8-6-5-7-9-14/h11-12,14,16H,4-10H2,1-3H3. The number of hydrogen-bond donors (Lipinski definition) is 1. The second-order valence-electron chi connectivity index (χ2n) is 5.59. The van der Waals surface area contributed by atoms with Crippen molar-refractivity contribution in [1.82, 2.24) is 14.9 Å². The van der Waals surface area contributed by atoms with E-state index in [1.165, 1.54) is 50.0 Å². The quantitative estimate of drug-likeness (QED) is 0.861. The molecule has 1 saturated carbocycles. The minimum atomic E-state index is 0.369. The van der Waals surface area contributed by atoms with Crippen molar-refractivity contribution in [3.63, 3.8) is 0 Å². The minimum absolute atomic E-state index is 0.369. The smallest absolute Gasteiger partial charge is 0.106 e. The van der Waals surface area contributed by atoms with Gasteiger partial charge in [0.15, 0.2) is 0 Å². The molecule has 3 nitrogen and oxygen atoms in total. The maximum Gasteiger partial charge on any atom is 0.106 e. The van der Waals surface area contributed by atoms with Crippen molar-refractivity contribution in [2.24, 2.45) is 0 Å². The van der Waals surface area contributed by atoms with Gasteiger partial charge in [-0.25, -0.2) is 4.98 Å². The number of aryl methyl sites for hydroxylation is 1. The SMILES string of the molecule is CCCNC(C)c1cn(C2CCCCC2)c(C)n1. The van der Waals surface area contributed by atoms with Crippen LogP contribution in [0.25, 0.3) is 0 Å². The van der Waals surface area contributed by atoms with Crippen LogP contribution in [0, 0.1) is 6.92 Å². The van der Waals surface area contributed by atoms with E-state index in [0.29, 0.717) is 12.1 Å². The molecule has 1 fully saturated rings. The Morgan fingerprint density at radius 2 is 2.11 bits per heavy atom. The molecule has 0 radical (unpaired) electrons. The molecule has 1 atom stereocenters. The van der Waals surface area contributed by atoms with E-state index in [2.05, 4.69) is 36.9 Å². The highest BCUT2D eigenvalue weighted by atomic mass is 15.1. The summed E-state index contributed by atoms with van der Waals surface area (Å²) in [6.45, 7) is 7.62. The lowest BCUT2D eigenvalue weighted by atomic mass is 9.95. The molecule has 1 N–H and O–H groups in total. The Morgan fingerprint density at radius 1 is 1.39 bits per heavy atom. The Hall–Kier alpha value is -0.830. The Morgan fingerprint density at radius 3 is 2.78 bits per heavy atom. The van der Waals surface area contributed by atoms with Crippen molar-refractivity contribution in [3.8, 4) is 0 Å². The summed E-state index contributed by atoms with van der Waals surface area (Å²) >= 11 is 0. The summed E-state index contributed by atoms with van der Waals surface area (Å²) in [5.74, 6) is 1.18. The fourth-order valence-corrected chi connectivity index (χ4v) is 2.91. The van der Waals surface area contributed by atoms with Crippen LogP contribution in [0.5, 0.6) is 0 Å². The normalized spacial score (nSPS) is 19.1. The van der Waals surface area contributed by atoms with E-state index in [4.69, 9.17) is 4.98 Å². The zero-order chi connectivity index (χ0) is 13.0. The molecule has 1 aromatic rings. The number of nitrogens with zero attached hydrogens (tertiary/aromatic N) is 2. The molecule has 1 aliphatic carbocycles. The lowest BCUT2D eigenvalue weighted by Crippen LogP contribution is -2.19. The summed E-state index contributed by atoms with van der Waals surface area (Å²) in [6, 6.07) is 1.06. The van der Waals surface area contributed by atoms with Crippen LogP contribution in [0.15, 0.2) is 6.20 Å². The van der Waals surface area contributed by atoms with E-state index in [1.54, 1.807) is 0 Å². The van der Waals surface area contributed by atoms with Gasteiger partial charge in [0, 0.05) is 18.3 Å².